The van der Waals surface area contributed by atoms with Gasteiger partial charge in [-0.2, -0.15) is 0 Å². The maximum absolute atomic E-state index is 11.4. The van der Waals surface area contributed by atoms with Crippen molar-refractivity contribution in [3.8, 4) is 0 Å². The largest absolute Gasteiger partial charge is 0.466 e. The average molecular weight is 210 g/mol. The first-order valence-electron chi connectivity index (χ1n) is 4.78. The summed E-state index contributed by atoms with van der Waals surface area (Å²) in [6.45, 7) is 3.99. The Morgan fingerprint density at radius 1 is 1.53 bits per heavy atom. The van der Waals surface area contributed by atoms with Crippen LogP contribution in [-0.4, -0.2) is 27.9 Å². The molecule has 1 rings (SSSR count). The summed E-state index contributed by atoms with van der Waals surface area (Å²) in [6.07, 6.45) is 3.15. The lowest BCUT2D eigenvalue weighted by Crippen LogP contribution is -2.16. The normalized spacial score (nSPS) is 10.0. The third-order valence-electron chi connectivity index (χ3n) is 1.92. The summed E-state index contributed by atoms with van der Waals surface area (Å²) in [6, 6.07) is 0. The second kappa shape index (κ2) is 5.29. The number of ether oxygens (including phenoxy) is 1. The number of nitrogens with zero attached hydrogens (tertiary/aromatic N) is 2. The van der Waals surface area contributed by atoms with Gasteiger partial charge in [0, 0.05) is 12.4 Å². The molecule has 5 heteroatoms. The number of carbonyl (C=O) groups excluding carboxylic acids is 2. The molecule has 0 radical (unpaired) electrons. The maximum atomic E-state index is 11.4. The van der Waals surface area contributed by atoms with Gasteiger partial charge in [0.05, 0.1) is 13.2 Å². The molecule has 5 nitrogen and oxygen atoms in total. The Hall–Kier alpha value is -1.65. The van der Waals surface area contributed by atoms with Crippen LogP contribution in [0.2, 0.25) is 0 Å². The molecule has 1 aromatic heterocycles. The number of Topliss-reactive ketones (excluding diaryl/α,β-unsaturated/α-hetero) is 1. The van der Waals surface area contributed by atoms with Gasteiger partial charge in [-0.3, -0.25) is 9.59 Å². The highest BCUT2D eigenvalue weighted by atomic mass is 16.5. The lowest BCUT2D eigenvalue weighted by Gasteiger charge is -2.03. The molecule has 0 aromatic carbocycles. The molecule has 0 saturated carbocycles. The second-order valence-electron chi connectivity index (χ2n) is 3.12. The summed E-state index contributed by atoms with van der Waals surface area (Å²) < 4.78 is 6.37. The fraction of sp³-hybridized carbons (Fsp3) is 0.500. The van der Waals surface area contributed by atoms with E-state index in [-0.39, 0.29) is 18.7 Å². The summed E-state index contributed by atoms with van der Waals surface area (Å²) in [7, 11) is 0. The van der Waals surface area contributed by atoms with Gasteiger partial charge in [0.1, 0.15) is 12.2 Å². The van der Waals surface area contributed by atoms with E-state index < -0.39 is 5.97 Å². The van der Waals surface area contributed by atoms with Crippen LogP contribution >= 0.6 is 0 Å². The van der Waals surface area contributed by atoms with E-state index in [1.54, 1.807) is 30.8 Å². The Morgan fingerprint density at radius 3 is 2.80 bits per heavy atom. The van der Waals surface area contributed by atoms with Crippen LogP contribution in [0.4, 0.5) is 0 Å². The molecule has 0 fully saturated rings. The van der Waals surface area contributed by atoms with Gasteiger partial charge in [0.2, 0.25) is 0 Å². The first-order valence-corrected chi connectivity index (χ1v) is 4.78. The molecule has 0 aliphatic heterocycles. The molecule has 1 aromatic rings. The summed E-state index contributed by atoms with van der Waals surface area (Å²) in [5.74, 6) is 0.113. The predicted molar refractivity (Wildman–Crippen MR) is 53.2 cm³/mol. The number of aryl methyl sites for hydroxylation is 1. The van der Waals surface area contributed by atoms with Crippen molar-refractivity contribution in [2.75, 3.05) is 6.61 Å². The number of rotatable bonds is 5. The van der Waals surface area contributed by atoms with Crippen LogP contribution in [0.3, 0.4) is 0 Å². The van der Waals surface area contributed by atoms with Crippen molar-refractivity contribution in [2.45, 2.75) is 26.8 Å². The van der Waals surface area contributed by atoms with Crippen LogP contribution in [0.15, 0.2) is 12.4 Å². The lowest BCUT2D eigenvalue weighted by molar-refractivity contribution is -0.145. The number of hydrogen-bond acceptors (Lipinski definition) is 4. The van der Waals surface area contributed by atoms with Gasteiger partial charge in [-0.05, 0) is 13.8 Å². The number of carbonyl (C=O) groups is 2. The van der Waals surface area contributed by atoms with E-state index >= 15 is 0 Å². The van der Waals surface area contributed by atoms with E-state index in [1.807, 2.05) is 0 Å². The molecule has 0 unspecified atom stereocenters. The number of imidazole rings is 1. The average Bonchev–Trinajstić information content (AvgIpc) is 2.52. The summed E-state index contributed by atoms with van der Waals surface area (Å²) in [5, 5.41) is 0. The standard InChI is InChI=1S/C10H14N2O3/c1-3-15-10(14)6-9(13)7-12-5-4-11-8(12)2/h4-5H,3,6-7H2,1-2H3. The highest BCUT2D eigenvalue weighted by Crippen LogP contribution is 1.98. The minimum Gasteiger partial charge on any atom is -0.466 e. The maximum Gasteiger partial charge on any atom is 0.313 e. The van der Waals surface area contributed by atoms with Crippen molar-refractivity contribution in [1.29, 1.82) is 0 Å². The molecule has 1 heterocycles. The zero-order chi connectivity index (χ0) is 11.3. The smallest absolute Gasteiger partial charge is 0.313 e. The van der Waals surface area contributed by atoms with E-state index in [0.717, 1.165) is 5.82 Å². The third-order valence-corrected chi connectivity index (χ3v) is 1.92. The van der Waals surface area contributed by atoms with Gasteiger partial charge >= 0.3 is 5.97 Å². The van der Waals surface area contributed by atoms with Crippen LogP contribution in [0.1, 0.15) is 19.2 Å². The first kappa shape index (κ1) is 11.4. The van der Waals surface area contributed by atoms with Gasteiger partial charge in [-0.25, -0.2) is 4.98 Å². The predicted octanol–water partition coefficient (Wildman–Crippen LogP) is 0.714. The van der Waals surface area contributed by atoms with Gasteiger partial charge in [-0.15, -0.1) is 0 Å². The molecular weight excluding hydrogens is 196 g/mol. The molecule has 82 valence electrons. The van der Waals surface area contributed by atoms with Crippen molar-refractivity contribution < 1.29 is 14.3 Å². The number of esters is 1. The number of aromatic nitrogens is 2. The Bertz CT molecular complexity index is 357. The molecule has 0 aliphatic carbocycles. The molecular formula is C10H14N2O3. The molecule has 15 heavy (non-hydrogen) atoms. The minimum atomic E-state index is -0.472. The van der Waals surface area contributed by atoms with E-state index in [1.165, 1.54) is 0 Å². The fourth-order valence-corrected chi connectivity index (χ4v) is 1.19. The molecule has 0 N–H and O–H groups in total. The molecule has 0 saturated heterocycles. The lowest BCUT2D eigenvalue weighted by atomic mass is 10.3. The highest BCUT2D eigenvalue weighted by Gasteiger charge is 2.11. The summed E-state index contributed by atoms with van der Waals surface area (Å²) in [5.41, 5.74) is 0. The van der Waals surface area contributed by atoms with E-state index in [0.29, 0.717) is 6.61 Å². The topological polar surface area (TPSA) is 61.2 Å². The zero-order valence-electron chi connectivity index (χ0n) is 8.90. The van der Waals surface area contributed by atoms with E-state index in [2.05, 4.69) is 9.72 Å². The molecule has 0 atom stereocenters. The van der Waals surface area contributed by atoms with Crippen molar-refractivity contribution in [1.82, 2.24) is 9.55 Å². The molecule has 0 bridgehead atoms. The Balaban J connectivity index is 2.43. The Labute approximate surface area is 88.1 Å². The van der Waals surface area contributed by atoms with E-state index in [4.69, 9.17) is 0 Å². The molecule has 0 spiro atoms. The van der Waals surface area contributed by atoms with Crippen molar-refractivity contribution in [3.05, 3.63) is 18.2 Å². The molecule has 0 aliphatic rings. The van der Waals surface area contributed by atoms with Crippen LogP contribution in [0, 0.1) is 6.92 Å². The molecule has 0 amide bonds. The monoisotopic (exact) mass is 210 g/mol. The van der Waals surface area contributed by atoms with Gasteiger partial charge < -0.3 is 9.30 Å². The third kappa shape index (κ3) is 3.53. The van der Waals surface area contributed by atoms with Crippen LogP contribution in [0.25, 0.3) is 0 Å². The Kier molecular flexibility index (Phi) is 4.03. The van der Waals surface area contributed by atoms with Crippen LogP contribution in [0.5, 0.6) is 0 Å². The quantitative estimate of drug-likeness (QED) is 0.530. The zero-order valence-corrected chi connectivity index (χ0v) is 8.90. The van der Waals surface area contributed by atoms with Crippen molar-refractivity contribution in [3.63, 3.8) is 0 Å². The Morgan fingerprint density at radius 2 is 2.27 bits per heavy atom. The van der Waals surface area contributed by atoms with Crippen molar-refractivity contribution in [2.24, 2.45) is 0 Å². The first-order chi connectivity index (χ1) is 7.13. The van der Waals surface area contributed by atoms with Gasteiger partial charge in [0.25, 0.3) is 0 Å². The van der Waals surface area contributed by atoms with Gasteiger partial charge in [0.15, 0.2) is 5.78 Å². The number of hydrogen-bond donors (Lipinski definition) is 0. The van der Waals surface area contributed by atoms with Gasteiger partial charge in [-0.1, -0.05) is 0 Å². The van der Waals surface area contributed by atoms with Crippen LogP contribution < -0.4 is 0 Å². The number of ketones is 1. The van der Waals surface area contributed by atoms with E-state index in [9.17, 15) is 9.59 Å². The minimum absolute atomic E-state index is 0.171. The summed E-state index contributed by atoms with van der Waals surface area (Å²) in [4.78, 5) is 26.4. The van der Waals surface area contributed by atoms with Crippen molar-refractivity contribution >= 4 is 11.8 Å². The fourth-order valence-electron chi connectivity index (χ4n) is 1.19. The van der Waals surface area contributed by atoms with Crippen LogP contribution in [-0.2, 0) is 20.9 Å². The highest BCUT2D eigenvalue weighted by molar-refractivity contribution is 5.95. The second-order valence-corrected chi connectivity index (χ2v) is 3.12. The summed E-state index contributed by atoms with van der Waals surface area (Å²) >= 11 is 0. The SMILES string of the molecule is CCOC(=O)CC(=O)Cn1ccnc1C.